The molecule has 0 aromatic rings. The molecule has 21 heavy (non-hydrogen) atoms. The molecule has 2 unspecified atom stereocenters. The van der Waals surface area contributed by atoms with Crippen LogP contribution in [0.25, 0.3) is 0 Å². The molecule has 0 aromatic carbocycles. The summed E-state index contributed by atoms with van der Waals surface area (Å²) in [6.07, 6.45) is 0.564. The molecule has 0 fully saturated rings. The van der Waals surface area contributed by atoms with Gasteiger partial charge in [0.15, 0.2) is 8.32 Å². The molecule has 0 aliphatic heterocycles. The average molecular weight is 319 g/mol. The van der Waals surface area contributed by atoms with Crippen molar-refractivity contribution in [1.29, 1.82) is 0 Å². The zero-order chi connectivity index (χ0) is 17.0. The zero-order valence-electron chi connectivity index (χ0n) is 15.6. The summed E-state index contributed by atoms with van der Waals surface area (Å²) in [4.78, 5) is 0. The monoisotopic (exact) mass is 318 g/mol. The molecule has 0 bridgehead atoms. The standard InChI is InChI=1S/C17H38O3Si/c1-10-14(18)12(3)16(13(4)15(19)11-2)20-21(8,9)17(5,6)7/h12-16,18-19H,10-11H2,1-9H3/t12-,13-,14?,15?,16?/m1/s1. The maximum atomic E-state index is 10.3. The first kappa shape index (κ1) is 21.1. The van der Waals surface area contributed by atoms with Gasteiger partial charge in [0.1, 0.15) is 0 Å². The Morgan fingerprint density at radius 1 is 0.905 bits per heavy atom. The number of aliphatic hydroxyl groups is 2. The fraction of sp³-hybridized carbons (Fsp3) is 1.00. The molecule has 2 N–H and O–H groups in total. The summed E-state index contributed by atoms with van der Waals surface area (Å²) in [5, 5.41) is 20.6. The predicted molar refractivity (Wildman–Crippen MR) is 93.0 cm³/mol. The quantitative estimate of drug-likeness (QED) is 0.660. The summed E-state index contributed by atoms with van der Waals surface area (Å²) in [5.41, 5.74) is 0. The second kappa shape index (κ2) is 8.09. The highest BCUT2D eigenvalue weighted by atomic mass is 28.4. The van der Waals surface area contributed by atoms with E-state index in [1.165, 1.54) is 0 Å². The smallest absolute Gasteiger partial charge is 0.192 e. The second-order valence-electron chi connectivity index (χ2n) is 8.01. The molecule has 0 aliphatic rings. The fourth-order valence-electron chi connectivity index (χ4n) is 2.39. The van der Waals surface area contributed by atoms with Crippen LogP contribution in [0.4, 0.5) is 0 Å². The van der Waals surface area contributed by atoms with E-state index in [1.54, 1.807) is 0 Å². The van der Waals surface area contributed by atoms with Crippen molar-refractivity contribution in [3.05, 3.63) is 0 Å². The highest BCUT2D eigenvalue weighted by Crippen LogP contribution is 2.40. The van der Waals surface area contributed by atoms with Crippen molar-refractivity contribution in [3.8, 4) is 0 Å². The molecular weight excluding hydrogens is 280 g/mol. The lowest BCUT2D eigenvalue weighted by Crippen LogP contribution is -2.50. The van der Waals surface area contributed by atoms with Crippen LogP contribution in [0.15, 0.2) is 0 Å². The van der Waals surface area contributed by atoms with Gasteiger partial charge < -0.3 is 14.6 Å². The summed E-state index contributed by atoms with van der Waals surface area (Å²) in [6, 6.07) is 0. The van der Waals surface area contributed by atoms with Gasteiger partial charge in [-0.15, -0.1) is 0 Å². The zero-order valence-corrected chi connectivity index (χ0v) is 16.6. The first-order valence-corrected chi connectivity index (χ1v) is 11.3. The number of hydrogen-bond donors (Lipinski definition) is 2. The number of rotatable bonds is 8. The largest absolute Gasteiger partial charge is 0.413 e. The molecule has 3 nitrogen and oxygen atoms in total. The maximum absolute atomic E-state index is 10.3. The molecule has 4 heteroatoms. The van der Waals surface area contributed by atoms with Gasteiger partial charge in [0.25, 0.3) is 0 Å². The molecule has 0 aliphatic carbocycles. The second-order valence-corrected chi connectivity index (χ2v) is 12.8. The summed E-state index contributed by atoms with van der Waals surface area (Å²) >= 11 is 0. The van der Waals surface area contributed by atoms with E-state index in [4.69, 9.17) is 4.43 Å². The average Bonchev–Trinajstić information content (AvgIpc) is 2.40. The molecule has 0 spiro atoms. The minimum absolute atomic E-state index is 0.0281. The van der Waals surface area contributed by atoms with Crippen molar-refractivity contribution >= 4 is 8.32 Å². The van der Waals surface area contributed by atoms with Crippen LogP contribution in [0, 0.1) is 11.8 Å². The van der Waals surface area contributed by atoms with Crippen molar-refractivity contribution in [2.75, 3.05) is 0 Å². The van der Waals surface area contributed by atoms with Gasteiger partial charge in [-0.2, -0.15) is 0 Å². The first-order valence-electron chi connectivity index (χ1n) is 8.42. The van der Waals surface area contributed by atoms with Crippen molar-refractivity contribution in [1.82, 2.24) is 0 Å². The van der Waals surface area contributed by atoms with Crippen LogP contribution in [-0.4, -0.2) is 36.8 Å². The molecule has 0 aromatic heterocycles. The Kier molecular flexibility index (Phi) is 8.13. The molecular formula is C17H38O3Si. The van der Waals surface area contributed by atoms with Crippen molar-refractivity contribution in [2.45, 2.75) is 97.8 Å². The van der Waals surface area contributed by atoms with Gasteiger partial charge in [-0.05, 0) is 31.0 Å². The van der Waals surface area contributed by atoms with E-state index in [-0.39, 0.29) is 35.2 Å². The van der Waals surface area contributed by atoms with Gasteiger partial charge in [-0.3, -0.25) is 0 Å². The van der Waals surface area contributed by atoms with Gasteiger partial charge in [0, 0.05) is 11.8 Å². The lowest BCUT2D eigenvalue weighted by atomic mass is 9.85. The van der Waals surface area contributed by atoms with Crippen LogP contribution in [0.3, 0.4) is 0 Å². The summed E-state index contributed by atoms with van der Waals surface area (Å²) in [5.74, 6) is 0.0562. The summed E-state index contributed by atoms with van der Waals surface area (Å²) in [7, 11) is -1.93. The minimum Gasteiger partial charge on any atom is -0.413 e. The van der Waals surface area contributed by atoms with Gasteiger partial charge in [0.2, 0.25) is 0 Å². The molecule has 0 heterocycles. The molecule has 0 saturated carbocycles. The predicted octanol–water partition coefficient (Wildman–Crippen LogP) is 4.19. The van der Waals surface area contributed by atoms with Crippen LogP contribution in [-0.2, 0) is 4.43 Å². The number of hydrogen-bond acceptors (Lipinski definition) is 3. The van der Waals surface area contributed by atoms with Gasteiger partial charge in [-0.25, -0.2) is 0 Å². The van der Waals surface area contributed by atoms with Gasteiger partial charge >= 0.3 is 0 Å². The molecule has 128 valence electrons. The SMILES string of the molecule is CCC(O)[C@@H](C)C(O[Si](C)(C)C(C)(C)C)[C@H](C)C(O)CC. The Morgan fingerprint density at radius 3 is 1.48 bits per heavy atom. The Morgan fingerprint density at radius 2 is 1.24 bits per heavy atom. The van der Waals surface area contributed by atoms with Crippen LogP contribution < -0.4 is 0 Å². The molecule has 0 rings (SSSR count). The van der Waals surface area contributed by atoms with E-state index in [1.807, 2.05) is 27.7 Å². The third-order valence-corrected chi connectivity index (χ3v) is 9.80. The Bertz CT molecular complexity index is 283. The van der Waals surface area contributed by atoms with Gasteiger partial charge in [-0.1, -0.05) is 48.5 Å². The number of aliphatic hydroxyl groups excluding tert-OH is 2. The Balaban J connectivity index is 5.33. The third-order valence-electron chi connectivity index (χ3n) is 5.32. The lowest BCUT2D eigenvalue weighted by Gasteiger charge is -2.44. The van der Waals surface area contributed by atoms with Gasteiger partial charge in [0.05, 0.1) is 18.3 Å². The van der Waals surface area contributed by atoms with Crippen molar-refractivity contribution < 1.29 is 14.6 Å². The van der Waals surface area contributed by atoms with E-state index in [0.717, 1.165) is 0 Å². The topological polar surface area (TPSA) is 49.7 Å². The van der Waals surface area contributed by atoms with E-state index in [0.29, 0.717) is 12.8 Å². The highest BCUT2D eigenvalue weighted by molar-refractivity contribution is 6.74. The van der Waals surface area contributed by atoms with E-state index < -0.39 is 8.32 Å². The molecule has 0 saturated heterocycles. The molecule has 4 atom stereocenters. The highest BCUT2D eigenvalue weighted by Gasteiger charge is 2.43. The fourth-order valence-corrected chi connectivity index (χ4v) is 3.86. The van der Waals surface area contributed by atoms with Crippen LogP contribution in [0.2, 0.25) is 18.1 Å². The Hall–Kier alpha value is 0.0969. The first-order chi connectivity index (χ1) is 9.39. The van der Waals surface area contributed by atoms with Crippen LogP contribution >= 0.6 is 0 Å². The maximum Gasteiger partial charge on any atom is 0.192 e. The lowest BCUT2D eigenvalue weighted by molar-refractivity contribution is -0.0380. The normalized spacial score (nSPS) is 20.7. The van der Waals surface area contributed by atoms with Crippen LogP contribution in [0.1, 0.15) is 61.3 Å². The summed E-state index contributed by atoms with van der Waals surface area (Å²) < 4.78 is 6.59. The molecule has 0 radical (unpaired) electrons. The van der Waals surface area contributed by atoms with Crippen LogP contribution in [0.5, 0.6) is 0 Å². The summed E-state index contributed by atoms with van der Waals surface area (Å²) in [6.45, 7) is 19.2. The van der Waals surface area contributed by atoms with E-state index in [9.17, 15) is 10.2 Å². The third kappa shape index (κ3) is 5.66. The molecule has 0 amide bonds. The van der Waals surface area contributed by atoms with E-state index >= 15 is 0 Å². The Labute approximate surface area is 133 Å². The van der Waals surface area contributed by atoms with E-state index in [2.05, 4.69) is 33.9 Å². The minimum atomic E-state index is -1.93. The van der Waals surface area contributed by atoms with Crippen molar-refractivity contribution in [2.24, 2.45) is 11.8 Å². The van der Waals surface area contributed by atoms with Crippen molar-refractivity contribution in [3.63, 3.8) is 0 Å².